The van der Waals surface area contributed by atoms with Gasteiger partial charge in [-0.15, -0.1) is 0 Å². The predicted octanol–water partition coefficient (Wildman–Crippen LogP) is 7.35. The Morgan fingerprint density at radius 3 is 1.67 bits per heavy atom. The number of benzene rings is 5. The predicted molar refractivity (Wildman–Crippen MR) is 168 cm³/mol. The van der Waals surface area contributed by atoms with Crippen LogP contribution in [0.3, 0.4) is 0 Å². The summed E-state index contributed by atoms with van der Waals surface area (Å²) in [5.41, 5.74) is 5.37. The zero-order valence-corrected chi connectivity index (χ0v) is 22.7. The molecule has 7 rings (SSSR count). The van der Waals surface area contributed by atoms with Gasteiger partial charge in [0.05, 0.1) is 5.52 Å². The van der Waals surface area contributed by atoms with E-state index in [1.54, 1.807) is 12.1 Å². The van der Waals surface area contributed by atoms with Gasteiger partial charge in [0.25, 0.3) is 5.56 Å². The largest absolute Gasteiger partial charge is 0.278 e. The molecular formula is C36H24N4O2. The first-order chi connectivity index (χ1) is 20.6. The van der Waals surface area contributed by atoms with Crippen LogP contribution in [0.5, 0.6) is 0 Å². The molecule has 0 unspecified atom stereocenters. The zero-order chi connectivity index (χ0) is 28.6. The number of fused-ring (bicyclic) bond motifs is 3. The van der Waals surface area contributed by atoms with Gasteiger partial charge in [0.2, 0.25) is 6.41 Å². The molecule has 42 heavy (non-hydrogen) atoms. The Kier molecular flexibility index (Phi) is 6.21. The number of carbonyl (C=O) groups excluding carboxylic acids is 1. The molecule has 0 aliphatic carbocycles. The van der Waals surface area contributed by atoms with E-state index >= 15 is 0 Å². The van der Waals surface area contributed by atoms with E-state index in [9.17, 15) is 9.59 Å². The third-order valence-corrected chi connectivity index (χ3v) is 7.52. The maximum atomic E-state index is 13.5. The van der Waals surface area contributed by atoms with E-state index < -0.39 is 0 Å². The molecule has 0 spiro atoms. The number of rotatable bonds is 5. The van der Waals surface area contributed by atoms with Crippen molar-refractivity contribution in [3.8, 4) is 45.3 Å². The number of hydrogen-bond acceptors (Lipinski definition) is 5. The highest BCUT2D eigenvalue weighted by atomic mass is 16.2. The number of aromatic nitrogens is 4. The summed E-state index contributed by atoms with van der Waals surface area (Å²) in [4.78, 5) is 40.7. The molecule has 7 aromatic rings. The number of nitrogens with zero attached hydrogens (tertiary/aromatic N) is 4. The Balaban J connectivity index is 1.61. The first-order valence-corrected chi connectivity index (χ1v) is 13.6. The summed E-state index contributed by atoms with van der Waals surface area (Å²) in [6.07, 6.45) is 0.600. The number of pyridine rings is 1. The Labute approximate surface area is 241 Å². The molecule has 0 saturated heterocycles. The van der Waals surface area contributed by atoms with Gasteiger partial charge in [-0.05, 0) is 41.6 Å². The van der Waals surface area contributed by atoms with Crippen LogP contribution in [-0.4, -0.2) is 25.9 Å². The molecule has 0 fully saturated rings. The van der Waals surface area contributed by atoms with Gasteiger partial charge in [-0.1, -0.05) is 103 Å². The lowest BCUT2D eigenvalue weighted by Crippen LogP contribution is -2.21. The van der Waals surface area contributed by atoms with E-state index in [0.717, 1.165) is 44.2 Å². The molecule has 0 aliphatic heterocycles. The molecule has 0 radical (unpaired) electrons. The lowest BCUT2D eigenvalue weighted by atomic mass is 9.93. The van der Waals surface area contributed by atoms with Crippen molar-refractivity contribution in [2.24, 2.45) is 0 Å². The Bertz CT molecular complexity index is 2130. The van der Waals surface area contributed by atoms with Crippen molar-refractivity contribution >= 4 is 28.1 Å². The van der Waals surface area contributed by atoms with Crippen LogP contribution < -0.4 is 5.56 Å². The SMILES string of the molecule is Cc1ccccc1-c1cc(-c2nc(-c3ccccc3)nc(-c3ccccc3)n2)cc2c3ccccc3c(=O)n(C=O)c12. The molecule has 0 saturated carbocycles. The van der Waals surface area contributed by atoms with E-state index in [-0.39, 0.29) is 5.56 Å². The average Bonchev–Trinajstić information content (AvgIpc) is 3.05. The van der Waals surface area contributed by atoms with Gasteiger partial charge < -0.3 is 0 Å². The minimum absolute atomic E-state index is 0.353. The van der Waals surface area contributed by atoms with Gasteiger partial charge in [-0.2, -0.15) is 0 Å². The Morgan fingerprint density at radius 2 is 1.07 bits per heavy atom. The lowest BCUT2D eigenvalue weighted by Gasteiger charge is -2.17. The van der Waals surface area contributed by atoms with Crippen molar-refractivity contribution < 1.29 is 4.79 Å². The topological polar surface area (TPSA) is 77.7 Å². The van der Waals surface area contributed by atoms with Gasteiger partial charge in [0.15, 0.2) is 17.5 Å². The van der Waals surface area contributed by atoms with Crippen LogP contribution in [0.1, 0.15) is 5.56 Å². The van der Waals surface area contributed by atoms with Crippen LogP contribution in [0.15, 0.2) is 126 Å². The maximum absolute atomic E-state index is 13.5. The number of hydrogen-bond donors (Lipinski definition) is 0. The van der Waals surface area contributed by atoms with E-state index in [0.29, 0.717) is 34.8 Å². The van der Waals surface area contributed by atoms with E-state index in [4.69, 9.17) is 15.0 Å². The summed E-state index contributed by atoms with van der Waals surface area (Å²) in [6, 6.07) is 38.9. The minimum Gasteiger partial charge on any atom is -0.278 e. The number of carbonyl (C=O) groups is 1. The van der Waals surface area contributed by atoms with Crippen molar-refractivity contribution in [2.75, 3.05) is 0 Å². The second-order valence-corrected chi connectivity index (χ2v) is 10.1. The summed E-state index contributed by atoms with van der Waals surface area (Å²) in [5.74, 6) is 1.60. The summed E-state index contributed by atoms with van der Waals surface area (Å²) in [5, 5.41) is 1.99. The summed E-state index contributed by atoms with van der Waals surface area (Å²) < 4.78 is 1.21. The molecule has 0 aliphatic rings. The summed E-state index contributed by atoms with van der Waals surface area (Å²) in [6.45, 7) is 2.02. The molecule has 0 atom stereocenters. The van der Waals surface area contributed by atoms with Crippen molar-refractivity contribution in [2.45, 2.75) is 6.92 Å². The van der Waals surface area contributed by atoms with Crippen LogP contribution in [0.25, 0.3) is 67.0 Å². The first kappa shape index (κ1) is 25.2. The number of aryl methyl sites for hydroxylation is 1. The minimum atomic E-state index is -0.353. The molecule has 0 bridgehead atoms. The van der Waals surface area contributed by atoms with E-state index in [2.05, 4.69) is 0 Å². The molecule has 5 aromatic carbocycles. The summed E-state index contributed by atoms with van der Waals surface area (Å²) >= 11 is 0. The second kappa shape index (κ2) is 10.3. The molecule has 2 aromatic heterocycles. The van der Waals surface area contributed by atoms with E-state index in [1.807, 2.05) is 116 Å². The molecule has 200 valence electrons. The molecule has 0 amide bonds. The second-order valence-electron chi connectivity index (χ2n) is 10.1. The third kappa shape index (κ3) is 4.26. The quantitative estimate of drug-likeness (QED) is 0.167. The highest BCUT2D eigenvalue weighted by molar-refractivity contribution is 6.13. The van der Waals surface area contributed by atoms with Gasteiger partial charge in [-0.3, -0.25) is 9.59 Å². The fraction of sp³-hybridized carbons (Fsp3) is 0.0278. The van der Waals surface area contributed by atoms with Gasteiger partial charge in [0, 0.05) is 33.0 Å². The van der Waals surface area contributed by atoms with Crippen molar-refractivity contribution in [3.05, 3.63) is 137 Å². The normalized spacial score (nSPS) is 11.2. The Hall–Kier alpha value is -5.75. The smallest absolute Gasteiger partial charge is 0.265 e. The van der Waals surface area contributed by atoms with Crippen LogP contribution in [0.2, 0.25) is 0 Å². The average molecular weight is 545 g/mol. The fourth-order valence-electron chi connectivity index (χ4n) is 5.48. The highest BCUT2D eigenvalue weighted by Crippen LogP contribution is 2.37. The summed E-state index contributed by atoms with van der Waals surface area (Å²) in [7, 11) is 0. The van der Waals surface area contributed by atoms with Crippen LogP contribution >= 0.6 is 0 Å². The maximum Gasteiger partial charge on any atom is 0.265 e. The Morgan fingerprint density at radius 1 is 0.548 bits per heavy atom. The van der Waals surface area contributed by atoms with Crippen LogP contribution in [0, 0.1) is 6.92 Å². The van der Waals surface area contributed by atoms with Crippen molar-refractivity contribution in [1.29, 1.82) is 0 Å². The molecule has 2 heterocycles. The third-order valence-electron chi connectivity index (χ3n) is 7.52. The standard InChI is InChI=1S/C36H24N4O2/c1-23-12-8-9-17-27(23)30-20-26(21-31-28-18-10-11-19-29(28)36(42)40(22-41)32(30)31)35-38-33(24-13-4-2-5-14-24)37-34(39-35)25-15-6-3-7-16-25/h2-22H,1H3. The van der Waals surface area contributed by atoms with Crippen molar-refractivity contribution in [3.63, 3.8) is 0 Å². The molecule has 6 heteroatoms. The molecule has 6 nitrogen and oxygen atoms in total. The lowest BCUT2D eigenvalue weighted by molar-refractivity contribution is 0.547. The highest BCUT2D eigenvalue weighted by Gasteiger charge is 2.20. The zero-order valence-electron chi connectivity index (χ0n) is 22.7. The first-order valence-electron chi connectivity index (χ1n) is 13.6. The molecule has 0 N–H and O–H groups in total. The van der Waals surface area contributed by atoms with Crippen molar-refractivity contribution in [1.82, 2.24) is 19.5 Å². The van der Waals surface area contributed by atoms with Gasteiger partial charge in [0.1, 0.15) is 0 Å². The van der Waals surface area contributed by atoms with Crippen LogP contribution in [-0.2, 0) is 4.79 Å². The van der Waals surface area contributed by atoms with E-state index in [1.165, 1.54) is 4.57 Å². The van der Waals surface area contributed by atoms with Gasteiger partial charge >= 0.3 is 0 Å². The molecular weight excluding hydrogens is 520 g/mol. The monoisotopic (exact) mass is 544 g/mol. The van der Waals surface area contributed by atoms with Gasteiger partial charge in [-0.25, -0.2) is 19.5 Å². The fourth-order valence-corrected chi connectivity index (χ4v) is 5.48. The van der Waals surface area contributed by atoms with Crippen LogP contribution in [0.4, 0.5) is 0 Å².